The molecule has 0 aliphatic heterocycles. The number of hydrogen-bond acceptors (Lipinski definition) is 6. The SMILES string of the molecule is COC(=O)c1c(C(=O)OC)c2cccc(C=O)n2c1C(=O)c1ccccc1. The molecule has 0 saturated heterocycles. The standard InChI is InChI=1S/C20H15NO6/c1-26-19(24)15-14-10-6-9-13(11-22)21(14)17(16(15)20(25)27-2)18(23)12-7-4-3-5-8-12/h3-11H,1-2H3. The molecule has 7 heteroatoms. The predicted molar refractivity (Wildman–Crippen MR) is 95.3 cm³/mol. The first-order chi connectivity index (χ1) is 13.0. The van der Waals surface area contributed by atoms with Crippen LogP contribution in [0.1, 0.15) is 47.3 Å². The number of nitrogens with zero attached hydrogens (tertiary/aromatic N) is 1. The first-order valence-corrected chi connectivity index (χ1v) is 7.94. The summed E-state index contributed by atoms with van der Waals surface area (Å²) in [6.07, 6.45) is 0.539. The Morgan fingerprint density at radius 1 is 0.852 bits per heavy atom. The first-order valence-electron chi connectivity index (χ1n) is 7.94. The number of ether oxygens (including phenoxy) is 2. The Morgan fingerprint density at radius 2 is 1.48 bits per heavy atom. The van der Waals surface area contributed by atoms with Crippen LogP contribution in [-0.4, -0.2) is 42.6 Å². The molecule has 1 aromatic carbocycles. The second-order valence-corrected chi connectivity index (χ2v) is 5.57. The van der Waals surface area contributed by atoms with E-state index in [1.807, 2.05) is 0 Å². The van der Waals surface area contributed by atoms with Crippen molar-refractivity contribution in [3.8, 4) is 0 Å². The van der Waals surface area contributed by atoms with Gasteiger partial charge in [-0.1, -0.05) is 36.4 Å². The van der Waals surface area contributed by atoms with Crippen LogP contribution in [0.2, 0.25) is 0 Å². The molecule has 0 atom stereocenters. The van der Waals surface area contributed by atoms with Gasteiger partial charge in [0.25, 0.3) is 0 Å². The van der Waals surface area contributed by atoms with Crippen molar-refractivity contribution in [2.45, 2.75) is 0 Å². The topological polar surface area (TPSA) is 91.2 Å². The van der Waals surface area contributed by atoms with Gasteiger partial charge in [0, 0.05) is 5.56 Å². The van der Waals surface area contributed by atoms with E-state index in [9.17, 15) is 19.2 Å². The lowest BCUT2D eigenvalue weighted by molar-refractivity contribution is 0.0556. The summed E-state index contributed by atoms with van der Waals surface area (Å²) in [7, 11) is 2.30. The Labute approximate surface area is 154 Å². The maximum atomic E-state index is 13.2. The van der Waals surface area contributed by atoms with Crippen molar-refractivity contribution in [3.05, 3.63) is 76.6 Å². The molecule has 0 aliphatic carbocycles. The number of methoxy groups -OCH3 is 2. The highest BCUT2D eigenvalue weighted by atomic mass is 16.5. The van der Waals surface area contributed by atoms with Crippen molar-refractivity contribution in [2.75, 3.05) is 14.2 Å². The van der Waals surface area contributed by atoms with E-state index in [-0.39, 0.29) is 28.0 Å². The number of benzene rings is 1. The van der Waals surface area contributed by atoms with Crippen LogP contribution in [0, 0.1) is 0 Å². The van der Waals surface area contributed by atoms with Gasteiger partial charge in [-0.05, 0) is 12.1 Å². The maximum Gasteiger partial charge on any atom is 0.341 e. The van der Waals surface area contributed by atoms with Crippen LogP contribution >= 0.6 is 0 Å². The van der Waals surface area contributed by atoms with E-state index in [1.54, 1.807) is 36.4 Å². The first kappa shape index (κ1) is 18.1. The molecule has 3 aromatic rings. The summed E-state index contributed by atoms with van der Waals surface area (Å²) in [6.45, 7) is 0. The third-order valence-electron chi connectivity index (χ3n) is 4.14. The lowest BCUT2D eigenvalue weighted by Crippen LogP contribution is -2.15. The number of rotatable bonds is 5. The summed E-state index contributed by atoms with van der Waals surface area (Å²) in [5.74, 6) is -2.23. The minimum atomic E-state index is -0.879. The number of aromatic nitrogens is 1. The average molecular weight is 365 g/mol. The lowest BCUT2D eigenvalue weighted by Gasteiger charge is -2.07. The highest BCUT2D eigenvalue weighted by molar-refractivity contribution is 6.20. The molecule has 0 radical (unpaired) electrons. The molecule has 0 unspecified atom stereocenters. The molecule has 0 N–H and O–H groups in total. The summed E-state index contributed by atoms with van der Waals surface area (Å²) in [6, 6.07) is 12.8. The highest BCUT2D eigenvalue weighted by Gasteiger charge is 2.33. The van der Waals surface area contributed by atoms with E-state index < -0.39 is 17.7 Å². The Kier molecular flexibility index (Phi) is 4.85. The minimum Gasteiger partial charge on any atom is -0.465 e. The summed E-state index contributed by atoms with van der Waals surface area (Å²) in [5, 5.41) is 0. The van der Waals surface area contributed by atoms with Crippen LogP contribution in [0.5, 0.6) is 0 Å². The number of ketones is 1. The number of fused-ring (bicyclic) bond motifs is 1. The quantitative estimate of drug-likeness (QED) is 0.392. The van der Waals surface area contributed by atoms with Crippen LogP contribution in [0.3, 0.4) is 0 Å². The second-order valence-electron chi connectivity index (χ2n) is 5.57. The van der Waals surface area contributed by atoms with E-state index in [4.69, 9.17) is 9.47 Å². The minimum absolute atomic E-state index is 0.104. The molecule has 3 rings (SSSR count). The van der Waals surface area contributed by atoms with Gasteiger partial charge in [0.05, 0.1) is 25.4 Å². The van der Waals surface area contributed by atoms with Gasteiger partial charge in [-0.15, -0.1) is 0 Å². The molecular formula is C20H15NO6. The summed E-state index contributed by atoms with van der Waals surface area (Å²) < 4.78 is 10.9. The van der Waals surface area contributed by atoms with Crippen molar-refractivity contribution in [1.29, 1.82) is 0 Å². The second kappa shape index (κ2) is 7.25. The summed E-state index contributed by atoms with van der Waals surface area (Å²) >= 11 is 0. The molecule has 0 saturated carbocycles. The fourth-order valence-electron chi connectivity index (χ4n) is 2.97. The van der Waals surface area contributed by atoms with E-state index in [1.165, 1.54) is 16.5 Å². The van der Waals surface area contributed by atoms with Crippen molar-refractivity contribution in [2.24, 2.45) is 0 Å². The smallest absolute Gasteiger partial charge is 0.341 e. The summed E-state index contributed by atoms with van der Waals surface area (Å²) in [4.78, 5) is 49.7. The Hall–Kier alpha value is -3.74. The van der Waals surface area contributed by atoms with Gasteiger partial charge in [0.2, 0.25) is 5.78 Å². The van der Waals surface area contributed by atoms with Crippen molar-refractivity contribution in [3.63, 3.8) is 0 Å². The molecule has 7 nitrogen and oxygen atoms in total. The average Bonchev–Trinajstić information content (AvgIpc) is 3.07. The molecule has 0 fully saturated rings. The van der Waals surface area contributed by atoms with Gasteiger partial charge in [-0.3, -0.25) is 9.59 Å². The fraction of sp³-hybridized carbons (Fsp3) is 0.100. The predicted octanol–water partition coefficient (Wildman–Crippen LogP) is 2.56. The van der Waals surface area contributed by atoms with E-state index in [0.29, 0.717) is 11.8 Å². The maximum absolute atomic E-state index is 13.2. The molecule has 2 aromatic heterocycles. The molecule has 27 heavy (non-hydrogen) atoms. The fourth-order valence-corrected chi connectivity index (χ4v) is 2.97. The molecule has 0 amide bonds. The number of carbonyl (C=O) groups excluding carboxylic acids is 4. The number of esters is 2. The molecule has 0 bridgehead atoms. The largest absolute Gasteiger partial charge is 0.465 e. The molecular weight excluding hydrogens is 350 g/mol. The lowest BCUT2D eigenvalue weighted by atomic mass is 10.0. The Bertz CT molecular complexity index is 1070. The van der Waals surface area contributed by atoms with Gasteiger partial charge in [-0.2, -0.15) is 0 Å². The van der Waals surface area contributed by atoms with Crippen molar-refractivity contribution in [1.82, 2.24) is 4.40 Å². The van der Waals surface area contributed by atoms with E-state index >= 15 is 0 Å². The van der Waals surface area contributed by atoms with Gasteiger partial charge in [-0.25, -0.2) is 9.59 Å². The Morgan fingerprint density at radius 3 is 2.07 bits per heavy atom. The third kappa shape index (κ3) is 2.89. The number of pyridine rings is 1. The van der Waals surface area contributed by atoms with Gasteiger partial charge in [0.15, 0.2) is 6.29 Å². The summed E-state index contributed by atoms with van der Waals surface area (Å²) in [5.41, 5.74) is 0.0865. The van der Waals surface area contributed by atoms with E-state index in [2.05, 4.69) is 0 Å². The normalized spacial score (nSPS) is 10.4. The third-order valence-corrected chi connectivity index (χ3v) is 4.14. The zero-order chi connectivity index (χ0) is 19.6. The zero-order valence-corrected chi connectivity index (χ0v) is 14.6. The van der Waals surface area contributed by atoms with Crippen LogP contribution in [0.15, 0.2) is 48.5 Å². The number of aldehydes is 1. The monoisotopic (exact) mass is 365 g/mol. The van der Waals surface area contributed by atoms with Crippen LogP contribution in [0.4, 0.5) is 0 Å². The molecule has 2 heterocycles. The van der Waals surface area contributed by atoms with Gasteiger partial charge >= 0.3 is 11.9 Å². The van der Waals surface area contributed by atoms with Crippen molar-refractivity contribution >= 4 is 29.5 Å². The van der Waals surface area contributed by atoms with Crippen LogP contribution in [-0.2, 0) is 9.47 Å². The van der Waals surface area contributed by atoms with Gasteiger partial charge in [0.1, 0.15) is 16.8 Å². The molecule has 0 spiro atoms. The number of hydrogen-bond donors (Lipinski definition) is 0. The Balaban J connectivity index is 2.50. The zero-order valence-electron chi connectivity index (χ0n) is 14.6. The van der Waals surface area contributed by atoms with Crippen LogP contribution < -0.4 is 0 Å². The van der Waals surface area contributed by atoms with Gasteiger partial charge < -0.3 is 13.9 Å². The molecule has 136 valence electrons. The molecule has 0 aliphatic rings. The van der Waals surface area contributed by atoms with Crippen molar-refractivity contribution < 1.29 is 28.7 Å². The van der Waals surface area contributed by atoms with Crippen LogP contribution in [0.25, 0.3) is 5.52 Å². The highest BCUT2D eigenvalue weighted by Crippen LogP contribution is 2.29. The number of carbonyl (C=O) groups is 4. The van der Waals surface area contributed by atoms with E-state index in [0.717, 1.165) is 14.2 Å².